The van der Waals surface area contributed by atoms with Crippen LogP contribution in [0.3, 0.4) is 0 Å². The molecular weight excluding hydrogens is 198 g/mol. The Bertz CT molecular complexity index is 556. The van der Waals surface area contributed by atoms with Gasteiger partial charge in [-0.05, 0) is 37.1 Å². The zero-order valence-electron chi connectivity index (χ0n) is 8.93. The van der Waals surface area contributed by atoms with Gasteiger partial charge in [-0.1, -0.05) is 6.07 Å². The van der Waals surface area contributed by atoms with Crippen molar-refractivity contribution in [3.05, 3.63) is 36.5 Å². The maximum absolute atomic E-state index is 5.89. The van der Waals surface area contributed by atoms with E-state index in [2.05, 4.69) is 9.98 Å². The summed E-state index contributed by atoms with van der Waals surface area (Å²) < 4.78 is 0. The molecule has 0 atom stereocenters. The summed E-state index contributed by atoms with van der Waals surface area (Å²) in [5.41, 5.74) is 7.80. The van der Waals surface area contributed by atoms with Crippen molar-refractivity contribution in [2.24, 2.45) is 16.6 Å². The number of hydrogen-bond acceptors (Lipinski definition) is 2. The molecule has 0 saturated heterocycles. The van der Waals surface area contributed by atoms with Crippen molar-refractivity contribution < 1.29 is 0 Å². The van der Waals surface area contributed by atoms with E-state index in [9.17, 15) is 0 Å². The fraction of sp³-hybridized carbons (Fsp3) is 0.231. The van der Waals surface area contributed by atoms with E-state index < -0.39 is 0 Å². The first-order chi connectivity index (χ1) is 7.83. The Morgan fingerprint density at radius 2 is 2.19 bits per heavy atom. The number of fused-ring (bicyclic) bond motifs is 1. The minimum atomic E-state index is 0.518. The second-order valence-corrected chi connectivity index (χ2v) is 4.19. The molecule has 2 N–H and O–H groups in total. The minimum Gasteiger partial charge on any atom is -0.387 e. The van der Waals surface area contributed by atoms with E-state index in [4.69, 9.17) is 5.73 Å². The van der Waals surface area contributed by atoms with Gasteiger partial charge >= 0.3 is 0 Å². The number of nitrogens with zero attached hydrogens (tertiary/aromatic N) is 2. The van der Waals surface area contributed by atoms with E-state index in [0.29, 0.717) is 5.92 Å². The molecule has 0 bridgehead atoms. The number of benzene rings is 1. The SMILES string of the molecule is NC(=Nc1ccc2ncccc2c1)C1CC1. The first-order valence-electron chi connectivity index (χ1n) is 5.52. The van der Waals surface area contributed by atoms with Crippen LogP contribution in [0.25, 0.3) is 10.9 Å². The highest BCUT2D eigenvalue weighted by Gasteiger charge is 2.25. The van der Waals surface area contributed by atoms with E-state index in [1.165, 1.54) is 12.8 Å². The maximum Gasteiger partial charge on any atom is 0.103 e. The lowest BCUT2D eigenvalue weighted by Crippen LogP contribution is -2.12. The average Bonchev–Trinajstić information content (AvgIpc) is 3.12. The van der Waals surface area contributed by atoms with Gasteiger partial charge in [-0.15, -0.1) is 0 Å². The minimum absolute atomic E-state index is 0.518. The third kappa shape index (κ3) is 1.76. The van der Waals surface area contributed by atoms with E-state index in [0.717, 1.165) is 22.4 Å². The first kappa shape index (κ1) is 9.33. The summed E-state index contributed by atoms with van der Waals surface area (Å²) in [6.45, 7) is 0. The van der Waals surface area contributed by atoms with Gasteiger partial charge in [-0.2, -0.15) is 0 Å². The highest BCUT2D eigenvalue weighted by Crippen LogP contribution is 2.30. The monoisotopic (exact) mass is 211 g/mol. The molecule has 3 nitrogen and oxygen atoms in total. The molecule has 1 fully saturated rings. The van der Waals surface area contributed by atoms with Gasteiger partial charge in [0.15, 0.2) is 0 Å². The number of pyridine rings is 1. The fourth-order valence-electron chi connectivity index (χ4n) is 1.75. The molecule has 3 rings (SSSR count). The molecule has 1 aliphatic rings. The predicted octanol–water partition coefficient (Wildman–Crippen LogP) is 2.63. The van der Waals surface area contributed by atoms with Crippen LogP contribution in [0, 0.1) is 5.92 Å². The van der Waals surface area contributed by atoms with Crippen molar-refractivity contribution in [3.8, 4) is 0 Å². The lowest BCUT2D eigenvalue weighted by atomic mass is 10.2. The van der Waals surface area contributed by atoms with Crippen LogP contribution in [-0.2, 0) is 0 Å². The molecule has 1 heterocycles. The molecule has 0 unspecified atom stereocenters. The summed E-state index contributed by atoms with van der Waals surface area (Å²) in [5.74, 6) is 1.29. The van der Waals surface area contributed by atoms with Crippen molar-refractivity contribution in [2.45, 2.75) is 12.8 Å². The molecule has 0 radical (unpaired) electrons. The molecule has 1 saturated carbocycles. The second-order valence-electron chi connectivity index (χ2n) is 4.19. The topological polar surface area (TPSA) is 51.3 Å². The highest BCUT2D eigenvalue weighted by atomic mass is 14.9. The van der Waals surface area contributed by atoms with Crippen LogP contribution >= 0.6 is 0 Å². The lowest BCUT2D eigenvalue weighted by molar-refractivity contribution is 1.15. The normalized spacial score (nSPS) is 16.6. The zero-order chi connectivity index (χ0) is 11.0. The number of rotatable bonds is 2. The van der Waals surface area contributed by atoms with Crippen LogP contribution in [0.5, 0.6) is 0 Å². The van der Waals surface area contributed by atoms with E-state index in [1.807, 2.05) is 30.3 Å². The Kier molecular flexibility index (Phi) is 2.10. The fourth-order valence-corrected chi connectivity index (χ4v) is 1.75. The average molecular weight is 211 g/mol. The summed E-state index contributed by atoms with van der Waals surface area (Å²) >= 11 is 0. The number of aliphatic imine (C=N–C) groups is 1. The van der Waals surface area contributed by atoms with Gasteiger partial charge in [-0.25, -0.2) is 4.99 Å². The Morgan fingerprint density at radius 3 is 3.00 bits per heavy atom. The maximum atomic E-state index is 5.89. The van der Waals surface area contributed by atoms with Crippen LogP contribution < -0.4 is 5.73 Å². The van der Waals surface area contributed by atoms with Gasteiger partial charge in [0, 0.05) is 17.5 Å². The highest BCUT2D eigenvalue weighted by molar-refractivity contribution is 5.89. The number of aromatic nitrogens is 1. The first-order valence-corrected chi connectivity index (χ1v) is 5.52. The van der Waals surface area contributed by atoms with Crippen LogP contribution in [0.2, 0.25) is 0 Å². The predicted molar refractivity (Wildman–Crippen MR) is 65.7 cm³/mol. The van der Waals surface area contributed by atoms with Gasteiger partial charge in [0.2, 0.25) is 0 Å². The summed E-state index contributed by atoms with van der Waals surface area (Å²) in [7, 11) is 0. The van der Waals surface area contributed by atoms with Crippen LogP contribution in [0.15, 0.2) is 41.5 Å². The van der Waals surface area contributed by atoms with E-state index in [1.54, 1.807) is 6.20 Å². The third-order valence-electron chi connectivity index (χ3n) is 2.84. The van der Waals surface area contributed by atoms with Crippen molar-refractivity contribution in [2.75, 3.05) is 0 Å². The van der Waals surface area contributed by atoms with Crippen LogP contribution in [0.1, 0.15) is 12.8 Å². The van der Waals surface area contributed by atoms with Crippen molar-refractivity contribution in [1.29, 1.82) is 0 Å². The zero-order valence-corrected chi connectivity index (χ0v) is 8.93. The van der Waals surface area contributed by atoms with E-state index in [-0.39, 0.29) is 0 Å². The van der Waals surface area contributed by atoms with Crippen molar-refractivity contribution in [1.82, 2.24) is 4.98 Å². The molecule has 0 amide bonds. The third-order valence-corrected chi connectivity index (χ3v) is 2.84. The van der Waals surface area contributed by atoms with Gasteiger partial charge in [0.1, 0.15) is 5.84 Å². The van der Waals surface area contributed by atoms with Gasteiger partial charge in [0.05, 0.1) is 11.2 Å². The molecule has 1 aliphatic carbocycles. The molecule has 1 aromatic heterocycles. The number of hydrogen-bond donors (Lipinski definition) is 1. The quantitative estimate of drug-likeness (QED) is 0.613. The van der Waals surface area contributed by atoms with Crippen LogP contribution in [-0.4, -0.2) is 10.8 Å². The summed E-state index contributed by atoms with van der Waals surface area (Å²) in [6.07, 6.45) is 4.17. The Hall–Kier alpha value is -1.90. The van der Waals surface area contributed by atoms with Gasteiger partial charge in [0.25, 0.3) is 0 Å². The smallest absolute Gasteiger partial charge is 0.103 e. The molecule has 80 valence electrons. The Labute approximate surface area is 94.0 Å². The molecular formula is C13H13N3. The van der Waals surface area contributed by atoms with E-state index >= 15 is 0 Å². The van der Waals surface area contributed by atoms with Gasteiger partial charge in [-0.3, -0.25) is 4.98 Å². The van der Waals surface area contributed by atoms with Crippen molar-refractivity contribution in [3.63, 3.8) is 0 Å². The Morgan fingerprint density at radius 1 is 1.31 bits per heavy atom. The summed E-state index contributed by atoms with van der Waals surface area (Å²) in [6, 6.07) is 9.94. The largest absolute Gasteiger partial charge is 0.387 e. The molecule has 0 spiro atoms. The molecule has 2 aromatic rings. The lowest BCUT2D eigenvalue weighted by Gasteiger charge is -2.00. The molecule has 3 heteroatoms. The number of nitrogens with two attached hydrogens (primary N) is 1. The van der Waals surface area contributed by atoms with Crippen molar-refractivity contribution >= 4 is 22.4 Å². The standard InChI is InChI=1S/C13H13N3/c14-13(9-3-4-9)16-11-5-6-12-10(8-11)2-1-7-15-12/h1-2,5-9H,3-4H2,(H2,14,16). The van der Waals surface area contributed by atoms with Crippen LogP contribution in [0.4, 0.5) is 5.69 Å². The molecule has 0 aliphatic heterocycles. The molecule has 1 aromatic carbocycles. The number of amidine groups is 1. The Balaban J connectivity index is 2.01. The molecule has 16 heavy (non-hydrogen) atoms. The summed E-state index contributed by atoms with van der Waals surface area (Å²) in [5, 5.41) is 1.10. The van der Waals surface area contributed by atoms with Gasteiger partial charge < -0.3 is 5.73 Å². The second kappa shape index (κ2) is 3.59. The summed E-state index contributed by atoms with van der Waals surface area (Å²) in [4.78, 5) is 8.71.